The maximum Gasteiger partial charge on any atom is 0.374 e. The van der Waals surface area contributed by atoms with Gasteiger partial charge in [-0.1, -0.05) is 0 Å². The van der Waals surface area contributed by atoms with Gasteiger partial charge < -0.3 is 14.0 Å². The number of nitrogens with zero attached hydrogens (tertiary/aromatic N) is 3. The van der Waals surface area contributed by atoms with E-state index in [1.165, 1.54) is 7.11 Å². The van der Waals surface area contributed by atoms with Crippen molar-refractivity contribution in [3.8, 4) is 0 Å². The third-order valence-electron chi connectivity index (χ3n) is 5.81. The molecule has 28 heavy (non-hydrogen) atoms. The molecule has 1 aliphatic carbocycles. The molecule has 0 unspecified atom stereocenters. The van der Waals surface area contributed by atoms with Gasteiger partial charge in [0.05, 0.1) is 18.7 Å². The first-order valence-electron chi connectivity index (χ1n) is 10.3. The van der Waals surface area contributed by atoms with Gasteiger partial charge in [-0.05, 0) is 52.4 Å². The van der Waals surface area contributed by atoms with Crippen LogP contribution in [0.4, 0.5) is 0 Å². The maximum absolute atomic E-state index is 12.3. The van der Waals surface area contributed by atoms with Crippen LogP contribution in [0.5, 0.6) is 0 Å². The molecular formula is C21H33N3O4. The van der Waals surface area contributed by atoms with E-state index in [2.05, 4.69) is 9.88 Å². The Kier molecular flexibility index (Phi) is 6.12. The minimum absolute atomic E-state index is 0.0434. The molecular weight excluding hydrogens is 358 g/mol. The van der Waals surface area contributed by atoms with Crippen molar-refractivity contribution in [2.24, 2.45) is 18.9 Å². The van der Waals surface area contributed by atoms with Crippen LogP contribution in [0.2, 0.25) is 0 Å². The molecule has 2 aliphatic rings. The first-order valence-corrected chi connectivity index (χ1v) is 10.3. The standard InChI is InChI=1S/C21H33N3O4/c1-21(2,3)28-19(25)15-8-6-14(7-9-15)12-24-11-10-17-16(13-24)22-18(23(17)4)20(26)27-5/h14-15H,6-13H2,1-5H3. The molecule has 2 heterocycles. The van der Waals surface area contributed by atoms with E-state index in [1.54, 1.807) is 0 Å². The summed E-state index contributed by atoms with van der Waals surface area (Å²) in [6, 6.07) is 0. The van der Waals surface area contributed by atoms with Crippen molar-refractivity contribution < 1.29 is 19.1 Å². The summed E-state index contributed by atoms with van der Waals surface area (Å²) in [5, 5.41) is 0. The lowest BCUT2D eigenvalue weighted by Gasteiger charge is -2.34. The molecule has 0 N–H and O–H groups in total. The van der Waals surface area contributed by atoms with E-state index in [4.69, 9.17) is 9.47 Å². The summed E-state index contributed by atoms with van der Waals surface area (Å²) in [6.45, 7) is 8.52. The molecule has 0 radical (unpaired) electrons. The van der Waals surface area contributed by atoms with Crippen molar-refractivity contribution in [2.75, 3.05) is 20.2 Å². The first kappa shape index (κ1) is 20.8. The number of hydrogen-bond donors (Lipinski definition) is 0. The third kappa shape index (κ3) is 4.74. The monoisotopic (exact) mass is 391 g/mol. The van der Waals surface area contributed by atoms with Gasteiger partial charge in [-0.15, -0.1) is 0 Å². The van der Waals surface area contributed by atoms with Crippen LogP contribution in [-0.4, -0.2) is 52.2 Å². The van der Waals surface area contributed by atoms with Crippen LogP contribution in [0.1, 0.15) is 68.5 Å². The Balaban J connectivity index is 1.52. The van der Waals surface area contributed by atoms with Gasteiger partial charge in [0.25, 0.3) is 0 Å². The molecule has 1 saturated carbocycles. The Morgan fingerprint density at radius 3 is 2.46 bits per heavy atom. The lowest BCUT2D eigenvalue weighted by atomic mass is 9.81. The largest absolute Gasteiger partial charge is 0.463 e. The summed E-state index contributed by atoms with van der Waals surface area (Å²) in [5.74, 6) is 0.597. The minimum atomic E-state index is -0.412. The molecule has 3 rings (SSSR count). The van der Waals surface area contributed by atoms with Gasteiger partial charge in [0.2, 0.25) is 5.82 Å². The fourth-order valence-corrected chi connectivity index (χ4v) is 4.34. The van der Waals surface area contributed by atoms with Gasteiger partial charge in [-0.25, -0.2) is 9.78 Å². The van der Waals surface area contributed by atoms with Crippen LogP contribution in [-0.2, 0) is 34.3 Å². The number of hydrogen-bond acceptors (Lipinski definition) is 6. The van der Waals surface area contributed by atoms with Crippen LogP contribution in [0.25, 0.3) is 0 Å². The normalized spacial score (nSPS) is 23.2. The zero-order valence-electron chi connectivity index (χ0n) is 17.8. The van der Waals surface area contributed by atoms with E-state index >= 15 is 0 Å². The Labute approximate surface area is 167 Å². The van der Waals surface area contributed by atoms with Gasteiger partial charge in [0.1, 0.15) is 5.60 Å². The number of ether oxygens (including phenoxy) is 2. The van der Waals surface area contributed by atoms with Gasteiger partial charge >= 0.3 is 11.9 Å². The Hall–Kier alpha value is -1.89. The van der Waals surface area contributed by atoms with E-state index in [-0.39, 0.29) is 17.9 Å². The van der Waals surface area contributed by atoms with Crippen molar-refractivity contribution >= 4 is 11.9 Å². The molecule has 1 fully saturated rings. The van der Waals surface area contributed by atoms with Gasteiger partial charge in [-0.2, -0.15) is 0 Å². The summed E-state index contributed by atoms with van der Waals surface area (Å²) in [4.78, 5) is 31.1. The molecule has 0 bridgehead atoms. The number of carbonyl (C=O) groups is 2. The predicted octanol–water partition coefficient (Wildman–Crippen LogP) is 2.71. The van der Waals surface area contributed by atoms with Gasteiger partial charge in [-0.3, -0.25) is 9.69 Å². The van der Waals surface area contributed by atoms with Crippen LogP contribution in [0.3, 0.4) is 0 Å². The number of carbonyl (C=O) groups excluding carboxylic acids is 2. The highest BCUT2D eigenvalue weighted by atomic mass is 16.6. The van der Waals surface area contributed by atoms with Crippen LogP contribution < -0.4 is 0 Å². The lowest BCUT2D eigenvalue weighted by molar-refractivity contribution is -0.161. The number of aromatic nitrogens is 2. The zero-order valence-corrected chi connectivity index (χ0v) is 17.8. The van der Waals surface area contributed by atoms with E-state index in [0.717, 1.165) is 63.1 Å². The number of methoxy groups -OCH3 is 1. The molecule has 7 nitrogen and oxygen atoms in total. The summed E-state index contributed by atoms with van der Waals surface area (Å²) >= 11 is 0. The molecule has 156 valence electrons. The zero-order chi connectivity index (χ0) is 20.5. The SMILES string of the molecule is COC(=O)c1nc2c(n1C)CCN(CC1CCC(C(=O)OC(C)(C)C)CC1)C2. The average molecular weight is 392 g/mol. The summed E-state index contributed by atoms with van der Waals surface area (Å²) in [5.41, 5.74) is 1.70. The Morgan fingerprint density at radius 1 is 1.18 bits per heavy atom. The maximum atomic E-state index is 12.3. The average Bonchev–Trinajstić information content (AvgIpc) is 2.96. The second-order valence-corrected chi connectivity index (χ2v) is 9.12. The highest BCUT2D eigenvalue weighted by molar-refractivity contribution is 5.85. The smallest absolute Gasteiger partial charge is 0.374 e. The second kappa shape index (κ2) is 8.23. The topological polar surface area (TPSA) is 73.7 Å². The highest BCUT2D eigenvalue weighted by Gasteiger charge is 2.32. The van der Waals surface area contributed by atoms with E-state index in [1.807, 2.05) is 32.4 Å². The van der Waals surface area contributed by atoms with Crippen molar-refractivity contribution in [2.45, 2.75) is 65.0 Å². The van der Waals surface area contributed by atoms with Crippen molar-refractivity contribution in [1.82, 2.24) is 14.5 Å². The van der Waals surface area contributed by atoms with Crippen molar-refractivity contribution in [3.05, 3.63) is 17.2 Å². The number of esters is 2. The Morgan fingerprint density at radius 2 is 1.86 bits per heavy atom. The van der Waals surface area contributed by atoms with Crippen LogP contribution in [0, 0.1) is 11.8 Å². The van der Waals surface area contributed by atoms with Gasteiger partial charge in [0.15, 0.2) is 0 Å². The highest BCUT2D eigenvalue weighted by Crippen LogP contribution is 2.32. The van der Waals surface area contributed by atoms with Gasteiger partial charge in [0, 0.05) is 38.8 Å². The van der Waals surface area contributed by atoms with Crippen LogP contribution in [0.15, 0.2) is 0 Å². The third-order valence-corrected chi connectivity index (χ3v) is 5.81. The number of fused-ring (bicyclic) bond motifs is 1. The Bertz CT molecular complexity index is 727. The minimum Gasteiger partial charge on any atom is -0.463 e. The molecule has 0 atom stereocenters. The number of rotatable bonds is 4. The summed E-state index contributed by atoms with van der Waals surface area (Å²) in [7, 11) is 3.27. The van der Waals surface area contributed by atoms with Crippen molar-refractivity contribution in [3.63, 3.8) is 0 Å². The fraction of sp³-hybridized carbons (Fsp3) is 0.762. The van der Waals surface area contributed by atoms with E-state index in [9.17, 15) is 9.59 Å². The molecule has 1 aromatic heterocycles. The fourth-order valence-electron chi connectivity index (χ4n) is 4.34. The summed E-state index contributed by atoms with van der Waals surface area (Å²) < 4.78 is 12.2. The van der Waals surface area contributed by atoms with E-state index < -0.39 is 5.60 Å². The lowest BCUT2D eigenvalue weighted by Crippen LogP contribution is -2.37. The molecule has 7 heteroatoms. The quantitative estimate of drug-likeness (QED) is 0.735. The predicted molar refractivity (Wildman–Crippen MR) is 105 cm³/mol. The van der Waals surface area contributed by atoms with Crippen LogP contribution >= 0.6 is 0 Å². The molecule has 1 aromatic rings. The number of imidazole rings is 1. The molecule has 0 spiro atoms. The van der Waals surface area contributed by atoms with Crippen molar-refractivity contribution in [1.29, 1.82) is 0 Å². The molecule has 0 saturated heterocycles. The summed E-state index contributed by atoms with van der Waals surface area (Å²) in [6.07, 6.45) is 4.83. The van der Waals surface area contributed by atoms with E-state index in [0.29, 0.717) is 11.7 Å². The molecule has 1 aliphatic heterocycles. The molecule has 0 aromatic carbocycles. The molecule has 0 amide bonds. The second-order valence-electron chi connectivity index (χ2n) is 9.12. The first-order chi connectivity index (χ1) is 13.2.